The highest BCUT2D eigenvalue weighted by Crippen LogP contribution is 2.30. The van der Waals surface area contributed by atoms with E-state index in [4.69, 9.17) is 0 Å². The molecular weight excluding hydrogens is 432 g/mol. The predicted octanol–water partition coefficient (Wildman–Crippen LogP) is 2.75. The number of rotatable bonds is 4. The van der Waals surface area contributed by atoms with Crippen LogP contribution in [0, 0.1) is 11.6 Å². The Balaban J connectivity index is 1.45. The molecule has 33 heavy (non-hydrogen) atoms. The minimum absolute atomic E-state index is 0.0288. The molecule has 0 radical (unpaired) electrons. The molecule has 1 unspecified atom stereocenters. The maximum atomic E-state index is 13.8. The van der Waals surface area contributed by atoms with Crippen molar-refractivity contribution in [3.8, 4) is 5.69 Å². The molecule has 1 saturated heterocycles. The number of amides is 4. The molecule has 1 atom stereocenters. The molecule has 0 bridgehead atoms. The maximum Gasteiger partial charge on any atom is 0.344 e. The fraction of sp³-hybridized carbons (Fsp3) is 0.217. The zero-order valence-corrected chi connectivity index (χ0v) is 17.6. The van der Waals surface area contributed by atoms with E-state index in [1.807, 2.05) is 0 Å². The van der Waals surface area contributed by atoms with Crippen LogP contribution in [0.25, 0.3) is 5.69 Å². The number of urea groups is 1. The minimum atomic E-state index is -1.33. The fourth-order valence-corrected chi connectivity index (χ4v) is 4.31. The molecule has 3 aromatic rings. The van der Waals surface area contributed by atoms with Gasteiger partial charge in [0.1, 0.15) is 5.54 Å². The van der Waals surface area contributed by atoms with Crippen LogP contribution in [0.4, 0.5) is 13.6 Å². The summed E-state index contributed by atoms with van der Waals surface area (Å²) in [5.74, 6) is -3.39. The molecule has 2 heterocycles. The quantitative estimate of drug-likeness (QED) is 0.597. The average molecular weight is 451 g/mol. The molecule has 1 aromatic heterocycles. The monoisotopic (exact) mass is 451 g/mol. The summed E-state index contributed by atoms with van der Waals surface area (Å²) in [4.78, 5) is 38.7. The third-order valence-corrected chi connectivity index (χ3v) is 6.05. The lowest BCUT2D eigenvalue weighted by molar-refractivity contribution is -0.132. The van der Waals surface area contributed by atoms with Gasteiger partial charge in [-0.2, -0.15) is 10.1 Å². The van der Waals surface area contributed by atoms with Gasteiger partial charge in [0.15, 0.2) is 17.3 Å². The van der Waals surface area contributed by atoms with Gasteiger partial charge in [0, 0.05) is 17.3 Å². The number of halogens is 2. The van der Waals surface area contributed by atoms with Crippen molar-refractivity contribution >= 4 is 17.8 Å². The van der Waals surface area contributed by atoms with E-state index in [2.05, 4.69) is 15.8 Å². The number of imide groups is 1. The lowest BCUT2D eigenvalue weighted by Crippen LogP contribution is -2.48. The number of aromatic nitrogens is 2. The van der Waals surface area contributed by atoms with E-state index in [1.165, 1.54) is 10.7 Å². The van der Waals surface area contributed by atoms with Crippen LogP contribution in [-0.2, 0) is 23.2 Å². The van der Waals surface area contributed by atoms with Gasteiger partial charge < -0.3 is 5.32 Å². The van der Waals surface area contributed by atoms with Crippen molar-refractivity contribution in [2.75, 3.05) is 0 Å². The highest BCUT2D eigenvalue weighted by atomic mass is 19.2. The Morgan fingerprint density at radius 1 is 1.09 bits per heavy atom. The summed E-state index contributed by atoms with van der Waals surface area (Å²) in [5, 5.41) is 7.57. The highest BCUT2D eigenvalue weighted by Gasteiger charge is 2.50. The molecule has 0 saturated carbocycles. The predicted molar refractivity (Wildman–Crippen MR) is 112 cm³/mol. The van der Waals surface area contributed by atoms with Crippen LogP contribution < -0.4 is 10.7 Å². The summed E-state index contributed by atoms with van der Waals surface area (Å²) < 4.78 is 28.5. The number of hydrogen-bond acceptors (Lipinski definition) is 4. The van der Waals surface area contributed by atoms with Crippen molar-refractivity contribution in [1.82, 2.24) is 25.5 Å². The van der Waals surface area contributed by atoms with Gasteiger partial charge in [-0.15, -0.1) is 0 Å². The molecule has 2 N–H and O–H groups in total. The van der Waals surface area contributed by atoms with Crippen LogP contribution in [0.3, 0.4) is 0 Å². The number of nitrogens with one attached hydrogen (secondary N) is 2. The van der Waals surface area contributed by atoms with Crippen LogP contribution in [0.2, 0.25) is 0 Å². The van der Waals surface area contributed by atoms with Gasteiger partial charge in [-0.25, -0.2) is 18.3 Å². The summed E-state index contributed by atoms with van der Waals surface area (Å²) in [5.41, 5.74) is 3.25. The third-order valence-electron chi connectivity index (χ3n) is 6.05. The van der Waals surface area contributed by atoms with E-state index in [1.54, 1.807) is 37.3 Å². The lowest BCUT2D eigenvalue weighted by Gasteiger charge is -2.22. The Morgan fingerprint density at radius 3 is 2.58 bits per heavy atom. The highest BCUT2D eigenvalue weighted by molar-refractivity contribution is 6.09. The second-order valence-corrected chi connectivity index (χ2v) is 8.14. The number of nitrogens with zero attached hydrogens (tertiary/aromatic N) is 3. The van der Waals surface area contributed by atoms with Gasteiger partial charge in [-0.05, 0) is 43.9 Å². The van der Waals surface area contributed by atoms with Crippen molar-refractivity contribution in [2.24, 2.45) is 0 Å². The summed E-state index contributed by atoms with van der Waals surface area (Å²) in [6.45, 7) is 1.56. The fourth-order valence-electron chi connectivity index (χ4n) is 4.31. The molecule has 10 heteroatoms. The molecule has 2 aromatic carbocycles. The average Bonchev–Trinajstić information content (AvgIpc) is 3.47. The van der Waals surface area contributed by atoms with Crippen molar-refractivity contribution in [3.05, 3.63) is 82.7 Å². The van der Waals surface area contributed by atoms with Crippen molar-refractivity contribution in [1.29, 1.82) is 0 Å². The zero-order valence-electron chi connectivity index (χ0n) is 17.6. The van der Waals surface area contributed by atoms with E-state index in [0.29, 0.717) is 34.7 Å². The Hall–Kier alpha value is -4.08. The Morgan fingerprint density at radius 2 is 1.85 bits per heavy atom. The first kappa shape index (κ1) is 20.8. The molecule has 4 amide bonds. The molecule has 5 rings (SSSR count). The zero-order chi connectivity index (χ0) is 23.3. The first-order chi connectivity index (χ1) is 15.8. The standard InChI is InChI=1S/C23H19F2N5O3/c1-23(13-6-3-2-4-7-13)21(32)30(22(33)26-23)28-20(31)19-15-8-5-9-18(15)29(27-19)14-10-11-16(24)17(25)12-14/h2-4,6-7,10-12H,5,8-9H2,1H3,(H,26,33)(H,28,31). The molecule has 168 valence electrons. The molecule has 8 nitrogen and oxygen atoms in total. The molecule has 1 fully saturated rings. The van der Waals surface area contributed by atoms with E-state index in [0.717, 1.165) is 18.6 Å². The number of hydrazine groups is 1. The van der Waals surface area contributed by atoms with E-state index >= 15 is 0 Å². The first-order valence-electron chi connectivity index (χ1n) is 10.4. The summed E-state index contributed by atoms with van der Waals surface area (Å²) in [6, 6.07) is 11.3. The van der Waals surface area contributed by atoms with Crippen LogP contribution in [0.15, 0.2) is 48.5 Å². The lowest BCUT2D eigenvalue weighted by atomic mass is 9.92. The van der Waals surface area contributed by atoms with E-state index in [-0.39, 0.29) is 11.4 Å². The molecule has 2 aliphatic rings. The van der Waals surface area contributed by atoms with Crippen LogP contribution in [0.1, 0.15) is 40.7 Å². The molecule has 0 spiro atoms. The number of fused-ring (bicyclic) bond motifs is 1. The Bertz CT molecular complexity index is 1310. The van der Waals surface area contributed by atoms with Crippen molar-refractivity contribution < 1.29 is 23.2 Å². The van der Waals surface area contributed by atoms with Crippen LogP contribution in [-0.4, -0.2) is 32.6 Å². The van der Waals surface area contributed by atoms with Crippen molar-refractivity contribution in [3.63, 3.8) is 0 Å². The van der Waals surface area contributed by atoms with Crippen LogP contribution >= 0.6 is 0 Å². The third kappa shape index (κ3) is 3.25. The normalized spacial score (nSPS) is 19.5. The van der Waals surface area contributed by atoms with Crippen molar-refractivity contribution in [2.45, 2.75) is 31.7 Å². The second kappa shape index (κ2) is 7.51. The smallest absolute Gasteiger partial charge is 0.318 e. The molecule has 1 aliphatic heterocycles. The minimum Gasteiger partial charge on any atom is -0.318 e. The molecular formula is C23H19F2N5O3. The Labute approximate surface area is 187 Å². The largest absolute Gasteiger partial charge is 0.344 e. The number of hydrogen-bond donors (Lipinski definition) is 2. The summed E-state index contributed by atoms with van der Waals surface area (Å²) in [7, 11) is 0. The van der Waals surface area contributed by atoms with Gasteiger partial charge >= 0.3 is 6.03 Å². The SMILES string of the molecule is CC1(c2ccccc2)NC(=O)N(NC(=O)c2nn(-c3ccc(F)c(F)c3)c3c2CCC3)C1=O. The second-order valence-electron chi connectivity index (χ2n) is 8.14. The van der Waals surface area contributed by atoms with E-state index < -0.39 is 35.0 Å². The van der Waals surface area contributed by atoms with E-state index in [9.17, 15) is 23.2 Å². The molecule has 1 aliphatic carbocycles. The summed E-state index contributed by atoms with van der Waals surface area (Å²) >= 11 is 0. The van der Waals surface area contributed by atoms with Crippen LogP contribution in [0.5, 0.6) is 0 Å². The van der Waals surface area contributed by atoms with Gasteiger partial charge in [-0.3, -0.25) is 15.0 Å². The number of carbonyl (C=O) groups excluding carboxylic acids is 3. The van der Waals surface area contributed by atoms with Gasteiger partial charge in [0.2, 0.25) is 0 Å². The maximum absolute atomic E-state index is 13.8. The first-order valence-corrected chi connectivity index (χ1v) is 10.4. The van der Waals surface area contributed by atoms with Gasteiger partial charge in [-0.1, -0.05) is 30.3 Å². The summed E-state index contributed by atoms with van der Waals surface area (Å²) in [6.07, 6.45) is 1.92. The Kier molecular flexibility index (Phi) is 4.73. The number of benzene rings is 2. The van der Waals surface area contributed by atoms with Gasteiger partial charge in [0.25, 0.3) is 11.8 Å². The van der Waals surface area contributed by atoms with Gasteiger partial charge in [0.05, 0.1) is 5.69 Å². The number of carbonyl (C=O) groups is 3. The topological polar surface area (TPSA) is 96.3 Å².